The van der Waals surface area contributed by atoms with E-state index < -0.39 is 0 Å². The van der Waals surface area contributed by atoms with Gasteiger partial charge in [-0.05, 0) is 18.2 Å². The second kappa shape index (κ2) is 4.84. The molecule has 2 rings (SSSR count). The minimum absolute atomic E-state index is 0.703. The number of rotatable bonds is 3. The van der Waals surface area contributed by atoms with Crippen LogP contribution in [-0.4, -0.2) is 0 Å². The highest BCUT2D eigenvalue weighted by molar-refractivity contribution is 7.98. The molecule has 0 radical (unpaired) electrons. The molecule has 0 amide bonds. The van der Waals surface area contributed by atoms with E-state index in [2.05, 4.69) is 0 Å². The van der Waals surface area contributed by atoms with E-state index in [1.54, 1.807) is 17.8 Å². The molecule has 2 aromatic rings. The first-order valence-electron chi connectivity index (χ1n) is 4.71. The Morgan fingerprint density at radius 3 is 2.47 bits per heavy atom. The van der Waals surface area contributed by atoms with Crippen molar-refractivity contribution in [1.82, 2.24) is 0 Å². The molecule has 0 saturated heterocycles. The van der Waals surface area contributed by atoms with Crippen molar-refractivity contribution in [2.75, 3.05) is 0 Å². The third-order valence-corrected chi connectivity index (χ3v) is 3.08. The fourth-order valence-corrected chi connectivity index (χ4v) is 2.14. The Morgan fingerprint density at radius 2 is 1.73 bits per heavy atom. The van der Waals surface area contributed by atoms with Gasteiger partial charge < -0.3 is 5.21 Å². The monoisotopic (exact) mass is 217 g/mol. The number of aromatic nitrogens is 1. The quantitative estimate of drug-likeness (QED) is 0.449. The molecule has 1 heterocycles. The molecule has 0 saturated carbocycles. The van der Waals surface area contributed by atoms with Crippen molar-refractivity contribution in [2.45, 2.75) is 10.6 Å². The molecule has 0 bridgehead atoms. The van der Waals surface area contributed by atoms with Gasteiger partial charge in [0.05, 0.1) is 5.75 Å². The van der Waals surface area contributed by atoms with Crippen molar-refractivity contribution in [3.63, 3.8) is 0 Å². The van der Waals surface area contributed by atoms with Crippen LogP contribution in [0.1, 0.15) is 5.69 Å². The zero-order valence-corrected chi connectivity index (χ0v) is 8.98. The number of benzene rings is 1. The van der Waals surface area contributed by atoms with Crippen LogP contribution in [0, 0.1) is 5.21 Å². The van der Waals surface area contributed by atoms with Gasteiger partial charge in [0.1, 0.15) is 0 Å². The van der Waals surface area contributed by atoms with Crippen molar-refractivity contribution in [3.05, 3.63) is 65.6 Å². The second-order valence-electron chi connectivity index (χ2n) is 3.12. The molecule has 1 aromatic carbocycles. The zero-order valence-electron chi connectivity index (χ0n) is 8.17. The molecule has 0 spiro atoms. The highest BCUT2D eigenvalue weighted by Gasteiger charge is 2.03. The van der Waals surface area contributed by atoms with Gasteiger partial charge in [0.15, 0.2) is 6.20 Å². The lowest BCUT2D eigenvalue weighted by Crippen LogP contribution is -2.30. The summed E-state index contributed by atoms with van der Waals surface area (Å²) in [5, 5.41) is 11.3. The Balaban J connectivity index is 2.03. The summed E-state index contributed by atoms with van der Waals surface area (Å²) in [6.45, 7) is 0. The number of hydrogen-bond acceptors (Lipinski definition) is 2. The average molecular weight is 217 g/mol. The summed E-state index contributed by atoms with van der Waals surface area (Å²) in [6.07, 6.45) is 1.53. The van der Waals surface area contributed by atoms with Gasteiger partial charge in [0.2, 0.25) is 5.69 Å². The Hall–Kier alpha value is -1.48. The lowest BCUT2D eigenvalue weighted by molar-refractivity contribution is -0.612. The molecule has 3 heteroatoms. The first kappa shape index (κ1) is 10.1. The number of hydrogen-bond donors (Lipinski definition) is 0. The minimum atomic E-state index is 0.703. The largest absolute Gasteiger partial charge is 0.618 e. The predicted molar refractivity (Wildman–Crippen MR) is 61.4 cm³/mol. The van der Waals surface area contributed by atoms with Gasteiger partial charge in [-0.1, -0.05) is 18.2 Å². The average Bonchev–Trinajstić information content (AvgIpc) is 2.29. The van der Waals surface area contributed by atoms with Crippen LogP contribution < -0.4 is 4.73 Å². The van der Waals surface area contributed by atoms with E-state index in [-0.39, 0.29) is 0 Å². The Labute approximate surface area is 93.2 Å². The first-order valence-corrected chi connectivity index (χ1v) is 5.70. The molecule has 0 aliphatic rings. The van der Waals surface area contributed by atoms with E-state index in [1.807, 2.05) is 42.5 Å². The SMILES string of the molecule is [O-][n+]1ccccc1CSc1ccccc1. The molecule has 0 fully saturated rings. The van der Waals surface area contributed by atoms with Crippen LogP contribution in [-0.2, 0) is 5.75 Å². The lowest BCUT2D eigenvalue weighted by atomic mass is 10.4. The van der Waals surface area contributed by atoms with Gasteiger partial charge >= 0.3 is 0 Å². The van der Waals surface area contributed by atoms with Gasteiger partial charge in [0, 0.05) is 17.0 Å². The highest BCUT2D eigenvalue weighted by Crippen LogP contribution is 2.20. The van der Waals surface area contributed by atoms with E-state index in [0.29, 0.717) is 5.75 Å². The van der Waals surface area contributed by atoms with Crippen molar-refractivity contribution < 1.29 is 4.73 Å². The third kappa shape index (κ3) is 2.73. The summed E-state index contributed by atoms with van der Waals surface area (Å²) in [7, 11) is 0. The number of pyridine rings is 1. The fraction of sp³-hybridized carbons (Fsp3) is 0.0833. The normalized spacial score (nSPS) is 10.1. The molecule has 76 valence electrons. The summed E-state index contributed by atoms with van der Waals surface area (Å²) in [6, 6.07) is 15.5. The van der Waals surface area contributed by atoms with E-state index >= 15 is 0 Å². The van der Waals surface area contributed by atoms with E-state index in [9.17, 15) is 5.21 Å². The van der Waals surface area contributed by atoms with E-state index in [1.165, 1.54) is 11.1 Å². The third-order valence-electron chi connectivity index (χ3n) is 2.03. The number of nitrogens with zero attached hydrogens (tertiary/aromatic N) is 1. The molecule has 0 aliphatic heterocycles. The fourth-order valence-electron chi connectivity index (χ4n) is 1.25. The van der Waals surface area contributed by atoms with Gasteiger partial charge in [-0.15, -0.1) is 11.8 Å². The molecular weight excluding hydrogens is 206 g/mol. The summed E-state index contributed by atoms with van der Waals surface area (Å²) in [5.74, 6) is 0.703. The smallest absolute Gasteiger partial charge is 0.203 e. The maximum Gasteiger partial charge on any atom is 0.203 e. The van der Waals surface area contributed by atoms with Crippen LogP contribution in [0.15, 0.2) is 59.6 Å². The Bertz CT molecular complexity index is 431. The molecule has 15 heavy (non-hydrogen) atoms. The van der Waals surface area contributed by atoms with Gasteiger partial charge in [-0.3, -0.25) is 0 Å². The Morgan fingerprint density at radius 1 is 1.00 bits per heavy atom. The predicted octanol–water partition coefficient (Wildman–Crippen LogP) is 2.61. The maximum atomic E-state index is 11.3. The Kier molecular flexibility index (Phi) is 3.25. The topological polar surface area (TPSA) is 26.9 Å². The molecule has 0 unspecified atom stereocenters. The van der Waals surface area contributed by atoms with Crippen LogP contribution in [0.2, 0.25) is 0 Å². The van der Waals surface area contributed by atoms with Gasteiger partial charge in [0.25, 0.3) is 0 Å². The lowest BCUT2D eigenvalue weighted by Gasteiger charge is -2.03. The molecule has 0 atom stereocenters. The van der Waals surface area contributed by atoms with Gasteiger partial charge in [-0.25, -0.2) is 0 Å². The van der Waals surface area contributed by atoms with Gasteiger partial charge in [-0.2, -0.15) is 4.73 Å². The summed E-state index contributed by atoms with van der Waals surface area (Å²) in [4.78, 5) is 1.18. The molecule has 0 aliphatic carbocycles. The van der Waals surface area contributed by atoms with E-state index in [0.717, 1.165) is 10.4 Å². The van der Waals surface area contributed by atoms with E-state index in [4.69, 9.17) is 0 Å². The summed E-state index contributed by atoms with van der Waals surface area (Å²) >= 11 is 1.67. The summed E-state index contributed by atoms with van der Waals surface area (Å²) < 4.78 is 0.913. The zero-order chi connectivity index (χ0) is 10.5. The van der Waals surface area contributed by atoms with Crippen LogP contribution in [0.3, 0.4) is 0 Å². The standard InChI is InChI=1S/C12H11NOS/c14-13-9-5-4-6-11(13)10-15-12-7-2-1-3-8-12/h1-9H,10H2. The van der Waals surface area contributed by atoms with Crippen LogP contribution >= 0.6 is 11.8 Å². The second-order valence-corrected chi connectivity index (χ2v) is 4.17. The van der Waals surface area contributed by atoms with Crippen LogP contribution in [0.25, 0.3) is 0 Å². The van der Waals surface area contributed by atoms with Crippen molar-refractivity contribution in [3.8, 4) is 0 Å². The van der Waals surface area contributed by atoms with Crippen molar-refractivity contribution >= 4 is 11.8 Å². The molecular formula is C12H11NOS. The van der Waals surface area contributed by atoms with Crippen LogP contribution in [0.5, 0.6) is 0 Å². The molecule has 2 nitrogen and oxygen atoms in total. The van der Waals surface area contributed by atoms with Crippen molar-refractivity contribution in [2.24, 2.45) is 0 Å². The minimum Gasteiger partial charge on any atom is -0.618 e. The molecule has 1 aromatic heterocycles. The van der Waals surface area contributed by atoms with Crippen molar-refractivity contribution in [1.29, 1.82) is 0 Å². The molecule has 0 N–H and O–H groups in total. The maximum absolute atomic E-state index is 11.3. The van der Waals surface area contributed by atoms with Crippen LogP contribution in [0.4, 0.5) is 0 Å². The summed E-state index contributed by atoms with van der Waals surface area (Å²) in [5.41, 5.74) is 0.784. The number of thioether (sulfide) groups is 1. The highest BCUT2D eigenvalue weighted by atomic mass is 32.2. The first-order chi connectivity index (χ1) is 7.36.